The van der Waals surface area contributed by atoms with E-state index in [1.165, 1.54) is 0 Å². The van der Waals surface area contributed by atoms with Gasteiger partial charge in [-0.05, 0) is 36.8 Å². The van der Waals surface area contributed by atoms with E-state index < -0.39 is 0 Å². The number of nitriles is 1. The third kappa shape index (κ3) is 3.49. The zero-order chi connectivity index (χ0) is 14.4. The minimum absolute atomic E-state index is 0.602. The van der Waals surface area contributed by atoms with Crippen LogP contribution in [0.3, 0.4) is 0 Å². The Labute approximate surface area is 127 Å². The Morgan fingerprint density at radius 3 is 2.55 bits per heavy atom. The standard InChI is InChI=1S/C17H14BrNO/c1-2-20-17-6-4-3-5-14(17)11-15(12-19)13-7-9-16(18)10-8-13/h3-11H,2H2,1H3/b15-11+. The van der Waals surface area contributed by atoms with Gasteiger partial charge in [0, 0.05) is 10.0 Å². The fourth-order valence-corrected chi connectivity index (χ4v) is 2.12. The number of allylic oxidation sites excluding steroid dienone is 1. The van der Waals surface area contributed by atoms with Gasteiger partial charge in [-0.15, -0.1) is 0 Å². The number of halogens is 1. The third-order valence-corrected chi connectivity index (χ3v) is 3.32. The monoisotopic (exact) mass is 327 g/mol. The lowest BCUT2D eigenvalue weighted by Crippen LogP contribution is -1.93. The summed E-state index contributed by atoms with van der Waals surface area (Å²) in [5.41, 5.74) is 2.42. The fraction of sp³-hybridized carbons (Fsp3) is 0.118. The maximum absolute atomic E-state index is 9.36. The second kappa shape index (κ2) is 6.93. The first kappa shape index (κ1) is 14.4. The van der Waals surface area contributed by atoms with Crippen molar-refractivity contribution in [2.45, 2.75) is 6.92 Å². The summed E-state index contributed by atoms with van der Waals surface area (Å²) in [6.07, 6.45) is 1.86. The third-order valence-electron chi connectivity index (χ3n) is 2.79. The maximum Gasteiger partial charge on any atom is 0.126 e. The van der Waals surface area contributed by atoms with Gasteiger partial charge in [0.1, 0.15) is 5.75 Å². The van der Waals surface area contributed by atoms with Gasteiger partial charge in [0.25, 0.3) is 0 Å². The molecular weight excluding hydrogens is 314 g/mol. The number of para-hydroxylation sites is 1. The number of rotatable bonds is 4. The van der Waals surface area contributed by atoms with Crippen molar-refractivity contribution in [3.8, 4) is 11.8 Å². The van der Waals surface area contributed by atoms with Crippen molar-refractivity contribution in [2.24, 2.45) is 0 Å². The summed E-state index contributed by atoms with van der Waals surface area (Å²) >= 11 is 3.39. The number of hydrogen-bond acceptors (Lipinski definition) is 2. The summed E-state index contributed by atoms with van der Waals surface area (Å²) in [6, 6.07) is 17.6. The normalized spacial score (nSPS) is 10.9. The number of hydrogen-bond donors (Lipinski definition) is 0. The molecule has 0 aromatic heterocycles. The van der Waals surface area contributed by atoms with Gasteiger partial charge in [-0.25, -0.2) is 0 Å². The lowest BCUT2D eigenvalue weighted by molar-refractivity contribution is 0.339. The molecule has 0 aliphatic rings. The van der Waals surface area contributed by atoms with Gasteiger partial charge in [-0.3, -0.25) is 0 Å². The van der Waals surface area contributed by atoms with Crippen LogP contribution >= 0.6 is 15.9 Å². The maximum atomic E-state index is 9.36. The smallest absolute Gasteiger partial charge is 0.126 e. The van der Waals surface area contributed by atoms with Crippen LogP contribution in [0.2, 0.25) is 0 Å². The van der Waals surface area contributed by atoms with E-state index in [1.54, 1.807) is 0 Å². The Kier molecular flexibility index (Phi) is 4.97. The SMILES string of the molecule is CCOc1ccccc1/C=C(\C#N)c1ccc(Br)cc1. The second-order valence-corrected chi connectivity index (χ2v) is 5.06. The first-order valence-electron chi connectivity index (χ1n) is 6.34. The molecule has 0 fully saturated rings. The molecule has 0 aliphatic carbocycles. The van der Waals surface area contributed by atoms with Gasteiger partial charge < -0.3 is 4.74 Å². The van der Waals surface area contributed by atoms with E-state index >= 15 is 0 Å². The van der Waals surface area contributed by atoms with E-state index in [0.29, 0.717) is 12.2 Å². The quantitative estimate of drug-likeness (QED) is 0.590. The Balaban J connectivity index is 2.41. The van der Waals surface area contributed by atoms with Crippen LogP contribution in [0.5, 0.6) is 5.75 Å². The summed E-state index contributed by atoms with van der Waals surface area (Å²) in [6.45, 7) is 2.55. The highest BCUT2D eigenvalue weighted by Gasteiger charge is 2.04. The molecule has 2 nitrogen and oxygen atoms in total. The average Bonchev–Trinajstić information content (AvgIpc) is 2.48. The van der Waals surface area contributed by atoms with Gasteiger partial charge in [-0.1, -0.05) is 46.3 Å². The topological polar surface area (TPSA) is 33.0 Å². The molecule has 2 aromatic rings. The predicted octanol–water partition coefficient (Wildman–Crippen LogP) is 4.91. The Bertz CT molecular complexity index is 653. The number of ether oxygens (including phenoxy) is 1. The van der Waals surface area contributed by atoms with Crippen LogP contribution in [0, 0.1) is 11.3 Å². The van der Waals surface area contributed by atoms with Gasteiger partial charge >= 0.3 is 0 Å². The highest BCUT2D eigenvalue weighted by molar-refractivity contribution is 9.10. The van der Waals surface area contributed by atoms with Crippen molar-refractivity contribution in [2.75, 3.05) is 6.61 Å². The van der Waals surface area contributed by atoms with E-state index in [1.807, 2.05) is 61.5 Å². The van der Waals surface area contributed by atoms with Crippen LogP contribution < -0.4 is 4.74 Å². The first-order valence-corrected chi connectivity index (χ1v) is 7.13. The van der Waals surface area contributed by atoms with Crippen LogP contribution in [0.1, 0.15) is 18.1 Å². The van der Waals surface area contributed by atoms with Crippen LogP contribution in [-0.2, 0) is 0 Å². The summed E-state index contributed by atoms with van der Waals surface area (Å²) in [7, 11) is 0. The molecule has 20 heavy (non-hydrogen) atoms. The summed E-state index contributed by atoms with van der Waals surface area (Å²) in [4.78, 5) is 0. The van der Waals surface area contributed by atoms with Crippen molar-refractivity contribution >= 4 is 27.6 Å². The van der Waals surface area contributed by atoms with Crippen molar-refractivity contribution in [3.63, 3.8) is 0 Å². The molecule has 0 amide bonds. The molecule has 0 heterocycles. The number of nitrogens with zero attached hydrogens (tertiary/aromatic N) is 1. The summed E-state index contributed by atoms with van der Waals surface area (Å²) in [5, 5.41) is 9.36. The molecule has 0 saturated heterocycles. The lowest BCUT2D eigenvalue weighted by atomic mass is 10.0. The predicted molar refractivity (Wildman–Crippen MR) is 85.2 cm³/mol. The molecule has 2 rings (SSSR count). The molecule has 0 bridgehead atoms. The molecule has 0 radical (unpaired) electrons. The summed E-state index contributed by atoms with van der Waals surface area (Å²) < 4.78 is 6.57. The van der Waals surface area contributed by atoms with Crippen LogP contribution in [0.4, 0.5) is 0 Å². The van der Waals surface area contributed by atoms with E-state index in [-0.39, 0.29) is 0 Å². The Morgan fingerprint density at radius 2 is 1.90 bits per heavy atom. The highest BCUT2D eigenvalue weighted by atomic mass is 79.9. The molecule has 0 atom stereocenters. The number of benzene rings is 2. The minimum atomic E-state index is 0.602. The van der Waals surface area contributed by atoms with Crippen LogP contribution in [-0.4, -0.2) is 6.61 Å². The van der Waals surface area contributed by atoms with E-state index in [2.05, 4.69) is 22.0 Å². The molecule has 3 heteroatoms. The molecule has 0 spiro atoms. The molecule has 100 valence electrons. The molecule has 0 saturated carbocycles. The van der Waals surface area contributed by atoms with Crippen LogP contribution in [0.25, 0.3) is 11.6 Å². The second-order valence-electron chi connectivity index (χ2n) is 4.15. The molecular formula is C17H14BrNO. The zero-order valence-corrected chi connectivity index (χ0v) is 12.7. The van der Waals surface area contributed by atoms with Crippen molar-refractivity contribution in [1.29, 1.82) is 5.26 Å². The largest absolute Gasteiger partial charge is 0.493 e. The van der Waals surface area contributed by atoms with Crippen molar-refractivity contribution in [3.05, 3.63) is 64.1 Å². The zero-order valence-electron chi connectivity index (χ0n) is 11.1. The van der Waals surface area contributed by atoms with Gasteiger partial charge in [0.05, 0.1) is 18.2 Å². The summed E-state index contributed by atoms with van der Waals surface area (Å²) in [5.74, 6) is 0.792. The van der Waals surface area contributed by atoms with Gasteiger partial charge in [0.2, 0.25) is 0 Å². The van der Waals surface area contributed by atoms with Crippen molar-refractivity contribution in [1.82, 2.24) is 0 Å². The van der Waals surface area contributed by atoms with E-state index in [4.69, 9.17) is 4.74 Å². The molecule has 0 aliphatic heterocycles. The molecule has 0 unspecified atom stereocenters. The van der Waals surface area contributed by atoms with Crippen LogP contribution in [0.15, 0.2) is 53.0 Å². The van der Waals surface area contributed by atoms with E-state index in [9.17, 15) is 5.26 Å². The van der Waals surface area contributed by atoms with Gasteiger partial charge in [-0.2, -0.15) is 5.26 Å². The van der Waals surface area contributed by atoms with E-state index in [0.717, 1.165) is 21.3 Å². The molecule has 2 aromatic carbocycles. The van der Waals surface area contributed by atoms with Gasteiger partial charge in [0.15, 0.2) is 0 Å². The molecule has 0 N–H and O–H groups in total. The Morgan fingerprint density at radius 1 is 1.20 bits per heavy atom. The Hall–Kier alpha value is -2.05. The average molecular weight is 328 g/mol. The highest BCUT2D eigenvalue weighted by Crippen LogP contribution is 2.25. The fourth-order valence-electron chi connectivity index (χ4n) is 1.85. The first-order chi connectivity index (χ1) is 9.74. The van der Waals surface area contributed by atoms with Crippen molar-refractivity contribution < 1.29 is 4.74 Å². The lowest BCUT2D eigenvalue weighted by Gasteiger charge is -2.07. The minimum Gasteiger partial charge on any atom is -0.493 e.